The molecule has 0 aromatic carbocycles. The molecule has 0 aromatic rings. The highest BCUT2D eigenvalue weighted by molar-refractivity contribution is 5.80. The van der Waals surface area contributed by atoms with E-state index in [1.165, 1.54) is 0 Å². The summed E-state index contributed by atoms with van der Waals surface area (Å²) in [4.78, 5) is 21.3. The van der Waals surface area contributed by atoms with E-state index in [2.05, 4.69) is 5.32 Å². The number of carbonyl (C=O) groups is 2. The van der Waals surface area contributed by atoms with Gasteiger partial charge in [0.25, 0.3) is 0 Å². The highest BCUT2D eigenvalue weighted by atomic mass is 16.6. The van der Waals surface area contributed by atoms with Gasteiger partial charge in [0.05, 0.1) is 19.6 Å². The number of aliphatic carboxylic acids is 2. The number of hydrogen-bond donors (Lipinski definition) is 7. The second kappa shape index (κ2) is 6.43. The van der Waals surface area contributed by atoms with Crippen molar-refractivity contribution < 1.29 is 45.0 Å². The molecule has 10 nitrogen and oxygen atoms in total. The lowest BCUT2D eigenvalue weighted by Gasteiger charge is -2.42. The van der Waals surface area contributed by atoms with Crippen LogP contribution in [0.3, 0.4) is 0 Å². The Balaban J connectivity index is 2.66. The summed E-state index contributed by atoms with van der Waals surface area (Å²) in [6.45, 7) is -1.10. The number of nitrogens with one attached hydrogen (secondary N) is 1. The van der Waals surface area contributed by atoms with E-state index >= 15 is 0 Å². The van der Waals surface area contributed by atoms with E-state index in [1.807, 2.05) is 0 Å². The van der Waals surface area contributed by atoms with Crippen molar-refractivity contribution in [2.75, 3.05) is 13.2 Å². The fourth-order valence-electron chi connectivity index (χ4n) is 1.74. The van der Waals surface area contributed by atoms with E-state index in [9.17, 15) is 30.0 Å². The van der Waals surface area contributed by atoms with Crippen molar-refractivity contribution in [3.05, 3.63) is 0 Å². The quantitative estimate of drug-likeness (QED) is 0.258. The lowest BCUT2D eigenvalue weighted by atomic mass is 9.96. The third kappa shape index (κ3) is 3.85. The second-order valence-electron chi connectivity index (χ2n) is 4.53. The van der Waals surface area contributed by atoms with Gasteiger partial charge in [0.2, 0.25) is 5.79 Å². The number of carboxylic acid groups (broad SMARTS) is 2. The molecule has 1 rings (SSSR count). The van der Waals surface area contributed by atoms with Crippen molar-refractivity contribution in [1.29, 1.82) is 0 Å². The molecule has 1 heterocycles. The van der Waals surface area contributed by atoms with Gasteiger partial charge < -0.3 is 35.4 Å². The number of aliphatic hydroxyl groups is 4. The highest BCUT2D eigenvalue weighted by Gasteiger charge is 2.48. The third-order valence-corrected chi connectivity index (χ3v) is 2.96. The van der Waals surface area contributed by atoms with Crippen LogP contribution < -0.4 is 5.32 Å². The van der Waals surface area contributed by atoms with Crippen molar-refractivity contribution in [3.63, 3.8) is 0 Å². The van der Waals surface area contributed by atoms with Crippen LogP contribution in [-0.2, 0) is 14.3 Å². The molecule has 1 saturated heterocycles. The Bertz CT molecular complexity index is 376. The van der Waals surface area contributed by atoms with Crippen LogP contribution in [0.25, 0.3) is 0 Å². The second-order valence-corrected chi connectivity index (χ2v) is 4.53. The number of aliphatic hydroxyl groups excluding tert-OH is 3. The molecular formula is C10H17NO9. The van der Waals surface area contributed by atoms with Crippen molar-refractivity contribution in [2.24, 2.45) is 0 Å². The monoisotopic (exact) mass is 295 g/mol. The van der Waals surface area contributed by atoms with Gasteiger partial charge in [0.15, 0.2) is 0 Å². The Morgan fingerprint density at radius 2 is 1.90 bits per heavy atom. The lowest BCUT2D eigenvalue weighted by Crippen LogP contribution is -2.65. The summed E-state index contributed by atoms with van der Waals surface area (Å²) in [5.74, 6) is -5.15. The number of hydrogen-bond acceptors (Lipinski definition) is 8. The Labute approximate surface area is 113 Å². The average Bonchev–Trinajstić information content (AvgIpc) is 2.36. The summed E-state index contributed by atoms with van der Waals surface area (Å²) < 4.78 is 4.79. The molecule has 0 spiro atoms. The maximum absolute atomic E-state index is 10.8. The predicted molar refractivity (Wildman–Crippen MR) is 60.6 cm³/mol. The first-order chi connectivity index (χ1) is 9.17. The lowest BCUT2D eigenvalue weighted by molar-refractivity contribution is -0.318. The van der Waals surface area contributed by atoms with Crippen LogP contribution in [0.2, 0.25) is 0 Å². The first-order valence-electron chi connectivity index (χ1n) is 5.76. The number of carboxylic acids is 2. The summed E-state index contributed by atoms with van der Waals surface area (Å²) in [7, 11) is 0. The van der Waals surface area contributed by atoms with E-state index in [0.29, 0.717) is 0 Å². The van der Waals surface area contributed by atoms with Crippen LogP contribution in [0.15, 0.2) is 0 Å². The summed E-state index contributed by atoms with van der Waals surface area (Å²) >= 11 is 0. The van der Waals surface area contributed by atoms with Crippen LogP contribution in [0.1, 0.15) is 6.42 Å². The van der Waals surface area contributed by atoms with Gasteiger partial charge in [0, 0.05) is 0 Å². The molecule has 0 bridgehead atoms. The zero-order valence-electron chi connectivity index (χ0n) is 10.3. The zero-order chi connectivity index (χ0) is 15.5. The largest absolute Gasteiger partial charge is 0.481 e. The third-order valence-electron chi connectivity index (χ3n) is 2.96. The summed E-state index contributed by atoms with van der Waals surface area (Å²) in [5.41, 5.74) is 0. The maximum atomic E-state index is 10.8. The predicted octanol–water partition coefficient (Wildman–Crippen LogP) is -3.69. The summed E-state index contributed by atoms with van der Waals surface area (Å²) in [5, 5.41) is 57.8. The van der Waals surface area contributed by atoms with Gasteiger partial charge in [-0.05, 0) is 0 Å². The Morgan fingerprint density at radius 1 is 1.30 bits per heavy atom. The molecule has 7 N–H and O–H groups in total. The van der Waals surface area contributed by atoms with Gasteiger partial charge in [0.1, 0.15) is 24.4 Å². The Hall–Kier alpha value is -1.30. The van der Waals surface area contributed by atoms with E-state index in [-0.39, 0.29) is 0 Å². The van der Waals surface area contributed by atoms with Crippen molar-refractivity contribution >= 4 is 11.9 Å². The fraction of sp³-hybridized carbons (Fsp3) is 0.800. The fourth-order valence-corrected chi connectivity index (χ4v) is 1.74. The molecule has 1 unspecified atom stereocenters. The standard InChI is InChI=1S/C10H17NO9/c12-5-2-20-10(19,8(16)7(5)15)3-11-4(9(17)18)1-6(13)14/h4-5,7-8,11-12,15-16,19H,1-3H2,(H,13,14)(H,17,18)/t4-,5+,7+,8-,10?/m0/s1. The van der Waals surface area contributed by atoms with Crippen molar-refractivity contribution in [3.8, 4) is 0 Å². The molecule has 0 amide bonds. The molecule has 1 fully saturated rings. The van der Waals surface area contributed by atoms with Crippen LogP contribution in [0.4, 0.5) is 0 Å². The molecule has 1 aliphatic rings. The molecule has 20 heavy (non-hydrogen) atoms. The smallest absolute Gasteiger partial charge is 0.321 e. The van der Waals surface area contributed by atoms with Crippen LogP contribution in [0, 0.1) is 0 Å². The Kier molecular flexibility index (Phi) is 5.39. The van der Waals surface area contributed by atoms with Crippen LogP contribution >= 0.6 is 0 Å². The molecule has 0 aliphatic carbocycles. The molecule has 0 saturated carbocycles. The molecule has 0 radical (unpaired) electrons. The minimum absolute atomic E-state index is 0.465. The van der Waals surface area contributed by atoms with Gasteiger partial charge in [-0.15, -0.1) is 0 Å². The van der Waals surface area contributed by atoms with Gasteiger partial charge in [-0.25, -0.2) is 0 Å². The van der Waals surface area contributed by atoms with Crippen molar-refractivity contribution in [2.45, 2.75) is 36.6 Å². The summed E-state index contributed by atoms with van der Waals surface area (Å²) in [6.07, 6.45) is -5.68. The van der Waals surface area contributed by atoms with Crippen LogP contribution in [-0.4, -0.2) is 85.9 Å². The zero-order valence-corrected chi connectivity index (χ0v) is 10.3. The molecule has 10 heteroatoms. The minimum atomic E-state index is -2.33. The SMILES string of the molecule is O=C(O)C[C@H](NCC1(O)OC[C@@H](O)[C@@H](O)[C@@H]1O)C(=O)O. The normalized spacial score (nSPS) is 35.5. The maximum Gasteiger partial charge on any atom is 0.321 e. The van der Waals surface area contributed by atoms with Gasteiger partial charge >= 0.3 is 11.9 Å². The van der Waals surface area contributed by atoms with Crippen molar-refractivity contribution in [1.82, 2.24) is 5.32 Å². The average molecular weight is 295 g/mol. The minimum Gasteiger partial charge on any atom is -0.481 e. The van der Waals surface area contributed by atoms with E-state index in [1.54, 1.807) is 0 Å². The van der Waals surface area contributed by atoms with Gasteiger partial charge in [-0.3, -0.25) is 14.9 Å². The Morgan fingerprint density at radius 3 is 2.40 bits per heavy atom. The number of rotatable bonds is 6. The first-order valence-corrected chi connectivity index (χ1v) is 5.76. The molecular weight excluding hydrogens is 278 g/mol. The molecule has 0 aromatic heterocycles. The van der Waals surface area contributed by atoms with Gasteiger partial charge in [-0.1, -0.05) is 0 Å². The van der Waals surface area contributed by atoms with E-state index in [0.717, 1.165) is 0 Å². The highest BCUT2D eigenvalue weighted by Crippen LogP contribution is 2.23. The van der Waals surface area contributed by atoms with E-state index < -0.39 is 61.7 Å². The molecule has 1 aliphatic heterocycles. The summed E-state index contributed by atoms with van der Waals surface area (Å²) in [6, 6.07) is -1.50. The van der Waals surface area contributed by atoms with Crippen LogP contribution in [0.5, 0.6) is 0 Å². The number of ether oxygens (including phenoxy) is 1. The van der Waals surface area contributed by atoms with E-state index in [4.69, 9.17) is 14.9 Å². The molecule has 5 atom stereocenters. The molecule has 116 valence electrons. The van der Waals surface area contributed by atoms with Gasteiger partial charge in [-0.2, -0.15) is 0 Å². The topological polar surface area (TPSA) is 177 Å². The first kappa shape index (κ1) is 16.8.